The van der Waals surface area contributed by atoms with Gasteiger partial charge in [0.2, 0.25) is 5.91 Å². The highest BCUT2D eigenvalue weighted by molar-refractivity contribution is 8.00. The number of carbonyl (C=O) groups excluding carboxylic acids is 2. The molecule has 21 heavy (non-hydrogen) atoms. The Bertz CT molecular complexity index is 511. The first kappa shape index (κ1) is 17.4. The van der Waals surface area contributed by atoms with Crippen LogP contribution in [-0.4, -0.2) is 42.7 Å². The number of benzene rings is 1. The summed E-state index contributed by atoms with van der Waals surface area (Å²) < 4.78 is 30.5. The summed E-state index contributed by atoms with van der Waals surface area (Å²) in [6.45, 7) is 2.28. The molecule has 4 nitrogen and oxygen atoms in total. The number of nitrogens with zero attached hydrogens (tertiary/aromatic N) is 1. The monoisotopic (exact) mass is 317 g/mol. The molecule has 0 aromatic heterocycles. The first-order valence-corrected chi connectivity index (χ1v) is 7.40. The molecule has 1 amide bonds. The molecule has 0 aliphatic carbocycles. The Balaban J connectivity index is 2.38. The first-order chi connectivity index (χ1) is 9.93. The lowest BCUT2D eigenvalue weighted by Crippen LogP contribution is -2.30. The van der Waals surface area contributed by atoms with Crippen molar-refractivity contribution in [2.45, 2.75) is 18.2 Å². The van der Waals surface area contributed by atoms with Gasteiger partial charge in [0.1, 0.15) is 0 Å². The van der Waals surface area contributed by atoms with Gasteiger partial charge in [-0.2, -0.15) is 0 Å². The van der Waals surface area contributed by atoms with E-state index in [1.165, 1.54) is 11.0 Å². The smallest absolute Gasteiger partial charge is 0.307 e. The van der Waals surface area contributed by atoms with E-state index in [9.17, 15) is 18.4 Å². The Kier molecular flexibility index (Phi) is 7.14. The average molecular weight is 317 g/mol. The molecule has 0 bridgehead atoms. The third kappa shape index (κ3) is 6.12. The molecule has 0 fully saturated rings. The van der Waals surface area contributed by atoms with Crippen molar-refractivity contribution in [2.24, 2.45) is 0 Å². The molecular weight excluding hydrogens is 300 g/mol. The number of esters is 1. The summed E-state index contributed by atoms with van der Waals surface area (Å²) in [6.07, 6.45) is 0.131. The van der Waals surface area contributed by atoms with E-state index in [4.69, 9.17) is 4.74 Å². The van der Waals surface area contributed by atoms with Gasteiger partial charge in [-0.15, -0.1) is 11.8 Å². The molecule has 0 spiro atoms. The second-order valence-electron chi connectivity index (χ2n) is 4.23. The topological polar surface area (TPSA) is 46.6 Å². The van der Waals surface area contributed by atoms with Crippen LogP contribution in [0.5, 0.6) is 0 Å². The lowest BCUT2D eigenvalue weighted by molar-refractivity contribution is -0.143. The minimum Gasteiger partial charge on any atom is -0.466 e. The Hall–Kier alpha value is -1.63. The molecule has 0 saturated carbocycles. The van der Waals surface area contributed by atoms with E-state index < -0.39 is 11.6 Å². The fraction of sp³-hybridized carbons (Fsp3) is 0.429. The molecule has 1 aromatic carbocycles. The number of rotatable bonds is 7. The molecule has 116 valence electrons. The molecule has 0 atom stereocenters. The van der Waals surface area contributed by atoms with E-state index in [1.807, 2.05) is 0 Å². The first-order valence-electron chi connectivity index (χ1n) is 6.41. The molecular formula is C14H17F2NO3S. The summed E-state index contributed by atoms with van der Waals surface area (Å²) >= 11 is 1.11. The quantitative estimate of drug-likeness (QED) is 0.572. The van der Waals surface area contributed by atoms with Crippen LogP contribution in [0.4, 0.5) is 8.78 Å². The van der Waals surface area contributed by atoms with Crippen LogP contribution in [0.1, 0.15) is 13.3 Å². The van der Waals surface area contributed by atoms with Gasteiger partial charge in [-0.05, 0) is 25.1 Å². The number of amides is 1. The molecule has 0 saturated heterocycles. The van der Waals surface area contributed by atoms with Crippen molar-refractivity contribution in [2.75, 3.05) is 26.0 Å². The maximum absolute atomic E-state index is 13.0. The van der Waals surface area contributed by atoms with E-state index in [0.29, 0.717) is 11.5 Å². The van der Waals surface area contributed by atoms with Gasteiger partial charge < -0.3 is 9.64 Å². The van der Waals surface area contributed by atoms with Crippen LogP contribution in [0.2, 0.25) is 0 Å². The van der Waals surface area contributed by atoms with Gasteiger partial charge in [0, 0.05) is 18.5 Å². The lowest BCUT2D eigenvalue weighted by Gasteiger charge is -2.16. The molecule has 0 radical (unpaired) electrons. The third-order valence-corrected chi connectivity index (χ3v) is 3.61. The van der Waals surface area contributed by atoms with E-state index >= 15 is 0 Å². The van der Waals surface area contributed by atoms with Crippen molar-refractivity contribution in [1.29, 1.82) is 0 Å². The zero-order chi connectivity index (χ0) is 15.8. The van der Waals surface area contributed by atoms with Crippen molar-refractivity contribution < 1.29 is 23.1 Å². The highest BCUT2D eigenvalue weighted by Gasteiger charge is 2.12. The van der Waals surface area contributed by atoms with Crippen LogP contribution in [0.3, 0.4) is 0 Å². The van der Waals surface area contributed by atoms with Crippen molar-refractivity contribution in [3.05, 3.63) is 29.8 Å². The zero-order valence-electron chi connectivity index (χ0n) is 11.9. The summed E-state index contributed by atoms with van der Waals surface area (Å²) in [5.74, 6) is -2.33. The van der Waals surface area contributed by atoms with Gasteiger partial charge in [0.05, 0.1) is 18.8 Å². The average Bonchev–Trinajstić information content (AvgIpc) is 2.46. The van der Waals surface area contributed by atoms with E-state index in [-0.39, 0.29) is 30.6 Å². The molecule has 0 heterocycles. The van der Waals surface area contributed by atoms with E-state index in [2.05, 4.69) is 0 Å². The fourth-order valence-corrected chi connectivity index (χ4v) is 2.30. The summed E-state index contributed by atoms with van der Waals surface area (Å²) in [5.41, 5.74) is 0. The minimum atomic E-state index is -0.942. The Morgan fingerprint density at radius 1 is 1.29 bits per heavy atom. The molecule has 0 N–H and O–H groups in total. The van der Waals surface area contributed by atoms with Crippen LogP contribution >= 0.6 is 11.8 Å². The number of carbonyl (C=O) groups is 2. The standard InChI is InChI=1S/C14H17F2NO3S/c1-3-20-14(19)6-7-17(2)13(18)9-21-10-4-5-11(15)12(16)8-10/h4-5,8H,3,6-7,9H2,1-2H3. The highest BCUT2D eigenvalue weighted by atomic mass is 32.2. The number of thioether (sulfide) groups is 1. The second kappa shape index (κ2) is 8.61. The minimum absolute atomic E-state index is 0.0877. The number of ether oxygens (including phenoxy) is 1. The van der Waals surface area contributed by atoms with Crippen molar-refractivity contribution in [3.8, 4) is 0 Å². The highest BCUT2D eigenvalue weighted by Crippen LogP contribution is 2.20. The molecule has 0 aliphatic rings. The maximum atomic E-state index is 13.0. The van der Waals surface area contributed by atoms with E-state index in [0.717, 1.165) is 23.9 Å². The van der Waals surface area contributed by atoms with Crippen molar-refractivity contribution in [1.82, 2.24) is 4.90 Å². The molecule has 7 heteroatoms. The predicted molar refractivity (Wildman–Crippen MR) is 76.0 cm³/mol. The maximum Gasteiger partial charge on any atom is 0.307 e. The largest absolute Gasteiger partial charge is 0.466 e. The molecule has 0 aliphatic heterocycles. The van der Waals surface area contributed by atoms with Gasteiger partial charge in [-0.25, -0.2) is 8.78 Å². The van der Waals surface area contributed by atoms with Crippen molar-refractivity contribution >= 4 is 23.6 Å². The Labute approximate surface area is 126 Å². The fourth-order valence-electron chi connectivity index (χ4n) is 1.44. The van der Waals surface area contributed by atoms with Gasteiger partial charge in [0.25, 0.3) is 0 Å². The predicted octanol–water partition coefficient (Wildman–Crippen LogP) is 2.47. The number of hydrogen-bond donors (Lipinski definition) is 0. The Morgan fingerprint density at radius 2 is 2.00 bits per heavy atom. The molecule has 1 aromatic rings. The molecule has 0 unspecified atom stereocenters. The summed E-state index contributed by atoms with van der Waals surface area (Å²) in [5, 5.41) is 0. The zero-order valence-corrected chi connectivity index (χ0v) is 12.7. The van der Waals surface area contributed by atoms with Gasteiger partial charge in [-0.1, -0.05) is 0 Å². The normalized spacial score (nSPS) is 10.3. The van der Waals surface area contributed by atoms with Crippen LogP contribution in [0.25, 0.3) is 0 Å². The molecule has 1 rings (SSSR count). The second-order valence-corrected chi connectivity index (χ2v) is 5.28. The van der Waals surface area contributed by atoms with Crippen LogP contribution < -0.4 is 0 Å². The van der Waals surface area contributed by atoms with Crippen LogP contribution in [0, 0.1) is 11.6 Å². The van der Waals surface area contributed by atoms with Crippen LogP contribution in [-0.2, 0) is 14.3 Å². The van der Waals surface area contributed by atoms with E-state index in [1.54, 1.807) is 14.0 Å². The van der Waals surface area contributed by atoms with Gasteiger partial charge in [-0.3, -0.25) is 9.59 Å². The van der Waals surface area contributed by atoms with Crippen molar-refractivity contribution in [3.63, 3.8) is 0 Å². The SMILES string of the molecule is CCOC(=O)CCN(C)C(=O)CSc1ccc(F)c(F)c1. The Morgan fingerprint density at radius 3 is 2.62 bits per heavy atom. The van der Waals surface area contributed by atoms with Crippen LogP contribution in [0.15, 0.2) is 23.1 Å². The van der Waals surface area contributed by atoms with Gasteiger partial charge >= 0.3 is 5.97 Å². The van der Waals surface area contributed by atoms with Gasteiger partial charge in [0.15, 0.2) is 11.6 Å². The summed E-state index contributed by atoms with van der Waals surface area (Å²) in [4.78, 5) is 24.9. The number of halogens is 2. The lowest BCUT2D eigenvalue weighted by atomic mass is 10.3. The summed E-state index contributed by atoms with van der Waals surface area (Å²) in [7, 11) is 1.58. The summed E-state index contributed by atoms with van der Waals surface area (Å²) in [6, 6.07) is 3.48. The third-order valence-electron chi connectivity index (χ3n) is 2.64. The number of hydrogen-bond acceptors (Lipinski definition) is 4.